The van der Waals surface area contributed by atoms with E-state index in [1.54, 1.807) is 18.3 Å². The third-order valence-corrected chi connectivity index (χ3v) is 4.22. The summed E-state index contributed by atoms with van der Waals surface area (Å²) in [7, 11) is 0. The lowest BCUT2D eigenvalue weighted by Gasteiger charge is -2.02. The predicted octanol–water partition coefficient (Wildman–Crippen LogP) is 4.08. The van der Waals surface area contributed by atoms with Gasteiger partial charge in [-0.25, -0.2) is 5.43 Å². The van der Waals surface area contributed by atoms with E-state index in [0.717, 1.165) is 22.4 Å². The van der Waals surface area contributed by atoms with Gasteiger partial charge in [-0.3, -0.25) is 9.89 Å². The Balaban J connectivity index is 1.67. The van der Waals surface area contributed by atoms with Gasteiger partial charge in [0.15, 0.2) is 0 Å². The Kier molecular flexibility index (Phi) is 5.48. The van der Waals surface area contributed by atoms with Crippen LogP contribution < -0.4 is 5.43 Å². The number of rotatable bonds is 5. The monoisotopic (exact) mass is 372 g/mol. The number of nitrogens with zero attached hydrogens (tertiary/aromatic N) is 2. The quantitative estimate of drug-likeness (QED) is 0.523. The first-order chi connectivity index (χ1) is 12.1. The maximum Gasteiger partial charge on any atom is 0.244 e. The first-order valence-electron chi connectivity index (χ1n) is 7.48. The molecular weight excluding hydrogens is 359 g/mol. The van der Waals surface area contributed by atoms with Gasteiger partial charge in [-0.1, -0.05) is 59.6 Å². The van der Waals surface area contributed by atoms with Gasteiger partial charge < -0.3 is 0 Å². The molecule has 0 saturated heterocycles. The zero-order valence-electron chi connectivity index (χ0n) is 13.0. The van der Waals surface area contributed by atoms with E-state index in [1.165, 1.54) is 6.21 Å². The molecule has 1 heterocycles. The van der Waals surface area contributed by atoms with Crippen molar-refractivity contribution < 1.29 is 4.79 Å². The van der Waals surface area contributed by atoms with Crippen molar-refractivity contribution in [1.29, 1.82) is 0 Å². The molecule has 3 rings (SSSR count). The smallest absolute Gasteiger partial charge is 0.244 e. The zero-order chi connectivity index (χ0) is 17.6. The summed E-state index contributed by atoms with van der Waals surface area (Å²) in [6.45, 7) is 0. The first kappa shape index (κ1) is 17.2. The lowest BCUT2D eigenvalue weighted by Crippen LogP contribution is -2.19. The van der Waals surface area contributed by atoms with Crippen LogP contribution in [0.15, 0.2) is 59.8 Å². The number of aromatic amines is 1. The zero-order valence-corrected chi connectivity index (χ0v) is 14.6. The number of nitrogens with one attached hydrogen (secondary N) is 2. The number of hydrazone groups is 1. The van der Waals surface area contributed by atoms with Crippen molar-refractivity contribution in [3.05, 3.63) is 75.9 Å². The molecule has 25 heavy (non-hydrogen) atoms. The maximum atomic E-state index is 11.9. The van der Waals surface area contributed by atoms with Crippen molar-refractivity contribution in [1.82, 2.24) is 15.6 Å². The average molecular weight is 373 g/mol. The Hall–Kier alpha value is -2.63. The molecule has 0 bridgehead atoms. The highest BCUT2D eigenvalue weighted by Crippen LogP contribution is 2.28. The van der Waals surface area contributed by atoms with Crippen LogP contribution in [0.4, 0.5) is 0 Å². The van der Waals surface area contributed by atoms with Crippen molar-refractivity contribution in [3.63, 3.8) is 0 Å². The molecule has 0 saturated carbocycles. The number of carbonyl (C=O) groups excluding carboxylic acids is 1. The Morgan fingerprint density at radius 3 is 2.72 bits per heavy atom. The number of amides is 1. The highest BCUT2D eigenvalue weighted by Gasteiger charge is 2.08. The van der Waals surface area contributed by atoms with Crippen LogP contribution in [0.2, 0.25) is 10.0 Å². The van der Waals surface area contributed by atoms with Crippen LogP contribution in [-0.2, 0) is 11.2 Å². The van der Waals surface area contributed by atoms with E-state index in [2.05, 4.69) is 20.7 Å². The van der Waals surface area contributed by atoms with Gasteiger partial charge in [0.1, 0.15) is 0 Å². The Bertz CT molecular complexity index is 906. The van der Waals surface area contributed by atoms with E-state index in [0.29, 0.717) is 10.0 Å². The summed E-state index contributed by atoms with van der Waals surface area (Å²) in [5.74, 6) is -0.193. The fourth-order valence-corrected chi connectivity index (χ4v) is 2.57. The second-order valence-corrected chi connectivity index (χ2v) is 6.10. The molecule has 5 nitrogen and oxygen atoms in total. The van der Waals surface area contributed by atoms with E-state index >= 15 is 0 Å². The lowest BCUT2D eigenvalue weighted by molar-refractivity contribution is -0.120. The molecular formula is C18H14Cl2N4O. The fourth-order valence-electron chi connectivity index (χ4n) is 2.27. The van der Waals surface area contributed by atoms with Gasteiger partial charge in [0.2, 0.25) is 5.91 Å². The second kappa shape index (κ2) is 7.96. The fraction of sp³-hybridized carbons (Fsp3) is 0.0556. The van der Waals surface area contributed by atoms with Crippen LogP contribution >= 0.6 is 23.2 Å². The summed E-state index contributed by atoms with van der Waals surface area (Å²) in [6.07, 6.45) is 3.41. The summed E-state index contributed by atoms with van der Waals surface area (Å²) >= 11 is 12.0. The lowest BCUT2D eigenvalue weighted by atomic mass is 10.1. The molecule has 7 heteroatoms. The van der Waals surface area contributed by atoms with Gasteiger partial charge >= 0.3 is 0 Å². The van der Waals surface area contributed by atoms with Crippen molar-refractivity contribution >= 4 is 35.3 Å². The van der Waals surface area contributed by atoms with Crippen molar-refractivity contribution in [2.75, 3.05) is 0 Å². The minimum atomic E-state index is -0.193. The van der Waals surface area contributed by atoms with Crippen molar-refractivity contribution in [3.8, 4) is 11.3 Å². The van der Waals surface area contributed by atoms with Gasteiger partial charge in [0.25, 0.3) is 0 Å². The molecule has 126 valence electrons. The molecule has 1 aromatic heterocycles. The summed E-state index contributed by atoms with van der Waals surface area (Å²) in [5.41, 5.74) is 5.72. The number of halogens is 2. The normalized spacial score (nSPS) is 11.0. The molecule has 0 fully saturated rings. The van der Waals surface area contributed by atoms with Crippen LogP contribution in [0, 0.1) is 0 Å². The SMILES string of the molecule is O=C(Cc1ccccc1)N/N=C\c1cn[nH]c1-c1ccc(Cl)c(Cl)c1. The second-order valence-electron chi connectivity index (χ2n) is 5.28. The highest BCUT2D eigenvalue weighted by molar-refractivity contribution is 6.42. The number of hydrogen-bond acceptors (Lipinski definition) is 3. The minimum absolute atomic E-state index is 0.193. The van der Waals surface area contributed by atoms with Gasteiger partial charge in [-0.2, -0.15) is 10.2 Å². The molecule has 2 N–H and O–H groups in total. The molecule has 0 aliphatic rings. The number of H-pyrrole nitrogens is 1. The third-order valence-electron chi connectivity index (χ3n) is 3.48. The first-order valence-corrected chi connectivity index (χ1v) is 8.23. The molecule has 0 unspecified atom stereocenters. The molecule has 2 aromatic carbocycles. The van der Waals surface area contributed by atoms with Crippen LogP contribution in [0.3, 0.4) is 0 Å². The predicted molar refractivity (Wildman–Crippen MR) is 99.9 cm³/mol. The average Bonchev–Trinajstić information content (AvgIpc) is 3.07. The Morgan fingerprint density at radius 2 is 1.96 bits per heavy atom. The van der Waals surface area contributed by atoms with Crippen LogP contribution in [0.1, 0.15) is 11.1 Å². The minimum Gasteiger partial charge on any atom is -0.277 e. The summed E-state index contributed by atoms with van der Waals surface area (Å²) in [5, 5.41) is 11.8. The Labute approximate surface area is 154 Å². The van der Waals surface area contributed by atoms with Gasteiger partial charge in [0.05, 0.1) is 34.6 Å². The third kappa shape index (κ3) is 4.47. The molecule has 0 aliphatic heterocycles. The van der Waals surface area contributed by atoms with Gasteiger partial charge in [-0.15, -0.1) is 0 Å². The van der Waals surface area contributed by atoms with E-state index in [9.17, 15) is 4.79 Å². The maximum absolute atomic E-state index is 11.9. The number of benzene rings is 2. The highest BCUT2D eigenvalue weighted by atomic mass is 35.5. The van der Waals surface area contributed by atoms with Crippen molar-refractivity contribution in [2.45, 2.75) is 6.42 Å². The summed E-state index contributed by atoms with van der Waals surface area (Å²) < 4.78 is 0. The summed E-state index contributed by atoms with van der Waals surface area (Å²) in [4.78, 5) is 11.9. The molecule has 0 atom stereocenters. The number of aromatic nitrogens is 2. The van der Waals surface area contributed by atoms with Gasteiger partial charge in [0, 0.05) is 11.1 Å². The topological polar surface area (TPSA) is 70.1 Å². The molecule has 0 aliphatic carbocycles. The molecule has 1 amide bonds. The largest absolute Gasteiger partial charge is 0.277 e. The summed E-state index contributed by atoms with van der Waals surface area (Å²) in [6, 6.07) is 14.7. The molecule has 0 spiro atoms. The van der Waals surface area contributed by atoms with Crippen molar-refractivity contribution in [2.24, 2.45) is 5.10 Å². The van der Waals surface area contributed by atoms with E-state index < -0.39 is 0 Å². The van der Waals surface area contributed by atoms with E-state index in [-0.39, 0.29) is 12.3 Å². The number of carbonyl (C=O) groups is 1. The van der Waals surface area contributed by atoms with Crippen LogP contribution in [-0.4, -0.2) is 22.3 Å². The van der Waals surface area contributed by atoms with Crippen LogP contribution in [0.25, 0.3) is 11.3 Å². The standard InChI is InChI=1S/C18H14Cl2N4O/c19-15-7-6-13(9-16(15)20)18-14(11-22-24-18)10-21-23-17(25)8-12-4-2-1-3-5-12/h1-7,9-11H,8H2,(H,22,24)(H,23,25)/b21-10-. The van der Waals surface area contributed by atoms with Gasteiger partial charge in [-0.05, 0) is 17.7 Å². The Morgan fingerprint density at radius 1 is 1.16 bits per heavy atom. The molecule has 3 aromatic rings. The number of hydrogen-bond donors (Lipinski definition) is 2. The van der Waals surface area contributed by atoms with E-state index in [4.69, 9.17) is 23.2 Å². The van der Waals surface area contributed by atoms with E-state index in [1.807, 2.05) is 36.4 Å². The molecule has 0 radical (unpaired) electrons. The van der Waals surface area contributed by atoms with Crippen LogP contribution in [0.5, 0.6) is 0 Å².